The number of carboxylic acid groups (broad SMARTS) is 1. The van der Waals surface area contributed by atoms with E-state index in [1.54, 1.807) is 0 Å². The number of hydrogen-bond donors (Lipinski definition) is 2. The molecule has 20 heavy (non-hydrogen) atoms. The number of nitrogens with zero attached hydrogens (tertiary/aromatic N) is 3. The zero-order valence-corrected chi connectivity index (χ0v) is 10.7. The van der Waals surface area contributed by atoms with Gasteiger partial charge in [0.05, 0.1) is 0 Å². The highest BCUT2D eigenvalue weighted by molar-refractivity contribution is 5.96. The lowest BCUT2D eigenvalue weighted by Crippen LogP contribution is -2.06. The van der Waals surface area contributed by atoms with Gasteiger partial charge in [0.25, 0.3) is 0 Å². The summed E-state index contributed by atoms with van der Waals surface area (Å²) in [4.78, 5) is 19.1. The topological polar surface area (TPSA) is 94.0 Å². The number of carboxylic acids is 1. The van der Waals surface area contributed by atoms with Crippen LogP contribution in [-0.2, 0) is 7.05 Å². The van der Waals surface area contributed by atoms with Crippen LogP contribution in [0.2, 0.25) is 0 Å². The fraction of sp³-hybridized carbons (Fsp3) is 0.0714. The fourth-order valence-electron chi connectivity index (χ4n) is 2.21. The minimum Gasteiger partial charge on any atom is -0.477 e. The zero-order chi connectivity index (χ0) is 14.3. The molecule has 0 saturated heterocycles. The van der Waals surface area contributed by atoms with Crippen molar-refractivity contribution in [2.75, 3.05) is 5.73 Å². The molecule has 0 spiro atoms. The van der Waals surface area contributed by atoms with Crippen LogP contribution in [0.5, 0.6) is 0 Å². The lowest BCUT2D eigenvalue weighted by atomic mass is 10.1. The molecule has 0 radical (unpaired) electrons. The lowest BCUT2D eigenvalue weighted by Gasteiger charge is -2.02. The van der Waals surface area contributed by atoms with Crippen LogP contribution < -0.4 is 5.73 Å². The highest BCUT2D eigenvalue weighted by Gasteiger charge is 2.15. The first-order valence-corrected chi connectivity index (χ1v) is 5.98. The number of nitrogens with two attached hydrogens (primary N) is 1. The predicted molar refractivity (Wildman–Crippen MR) is 75.3 cm³/mol. The van der Waals surface area contributed by atoms with E-state index in [1.807, 2.05) is 42.1 Å². The molecule has 3 aromatic rings. The molecule has 2 heterocycles. The van der Waals surface area contributed by atoms with Crippen molar-refractivity contribution in [3.63, 3.8) is 0 Å². The summed E-state index contributed by atoms with van der Waals surface area (Å²) in [6, 6.07) is 7.85. The monoisotopic (exact) mass is 268 g/mol. The molecule has 2 aromatic heterocycles. The summed E-state index contributed by atoms with van der Waals surface area (Å²) in [7, 11) is 1.93. The van der Waals surface area contributed by atoms with Gasteiger partial charge < -0.3 is 15.4 Å². The van der Waals surface area contributed by atoms with Crippen molar-refractivity contribution in [2.45, 2.75) is 0 Å². The van der Waals surface area contributed by atoms with Gasteiger partial charge in [0.2, 0.25) is 0 Å². The van der Waals surface area contributed by atoms with Crippen LogP contribution in [0.1, 0.15) is 10.4 Å². The van der Waals surface area contributed by atoms with Crippen molar-refractivity contribution in [1.82, 2.24) is 14.5 Å². The smallest absolute Gasteiger partial charge is 0.341 e. The van der Waals surface area contributed by atoms with Gasteiger partial charge in [-0.25, -0.2) is 14.8 Å². The number of anilines is 1. The van der Waals surface area contributed by atoms with Crippen molar-refractivity contribution >= 4 is 22.7 Å². The number of benzene rings is 1. The Hall–Kier alpha value is -2.89. The molecule has 0 aliphatic heterocycles. The number of hydrogen-bond acceptors (Lipinski definition) is 4. The third-order valence-electron chi connectivity index (χ3n) is 3.19. The molecular formula is C14H12N4O2. The highest BCUT2D eigenvalue weighted by atomic mass is 16.4. The summed E-state index contributed by atoms with van der Waals surface area (Å²) in [5, 5.41) is 9.94. The van der Waals surface area contributed by atoms with Crippen LogP contribution in [0, 0.1) is 0 Å². The first-order valence-electron chi connectivity index (χ1n) is 5.98. The van der Waals surface area contributed by atoms with E-state index in [0.29, 0.717) is 5.82 Å². The van der Waals surface area contributed by atoms with Gasteiger partial charge in [0.15, 0.2) is 5.82 Å². The molecule has 6 nitrogen and oxygen atoms in total. The van der Waals surface area contributed by atoms with Gasteiger partial charge in [-0.2, -0.15) is 0 Å². The summed E-state index contributed by atoms with van der Waals surface area (Å²) in [5.41, 5.74) is 7.46. The summed E-state index contributed by atoms with van der Waals surface area (Å²) in [6.45, 7) is 0. The molecule has 0 aliphatic carbocycles. The Labute approximate surface area is 114 Å². The van der Waals surface area contributed by atoms with E-state index in [1.165, 1.54) is 6.20 Å². The van der Waals surface area contributed by atoms with Crippen molar-refractivity contribution in [2.24, 2.45) is 7.05 Å². The summed E-state index contributed by atoms with van der Waals surface area (Å²) in [5.74, 6) is -0.744. The Morgan fingerprint density at radius 2 is 2.10 bits per heavy atom. The lowest BCUT2D eigenvalue weighted by molar-refractivity contribution is 0.0697. The number of aromatic nitrogens is 3. The molecule has 0 bridgehead atoms. The maximum atomic E-state index is 10.9. The molecule has 1 aromatic carbocycles. The Balaban J connectivity index is 2.21. The second-order valence-corrected chi connectivity index (χ2v) is 4.47. The Morgan fingerprint density at radius 1 is 1.35 bits per heavy atom. The van der Waals surface area contributed by atoms with Gasteiger partial charge in [-0.1, -0.05) is 18.2 Å². The average Bonchev–Trinajstić information content (AvgIpc) is 2.76. The third kappa shape index (κ3) is 1.78. The number of carbonyl (C=O) groups is 1. The number of para-hydroxylation sites is 1. The van der Waals surface area contributed by atoms with Crippen LogP contribution in [0.3, 0.4) is 0 Å². The van der Waals surface area contributed by atoms with E-state index in [0.717, 1.165) is 16.5 Å². The molecule has 3 N–H and O–H groups in total. The standard InChI is InChI=1S/C14H12N4O2/c1-18-7-10(8-4-2-3-5-11(8)18)13-16-6-9(14(19)20)12(15)17-13/h2-7H,1H3,(H,19,20)(H2,15,16,17). The number of nitrogen functional groups attached to an aromatic ring is 1. The maximum absolute atomic E-state index is 10.9. The second kappa shape index (κ2) is 4.34. The van der Waals surface area contributed by atoms with Gasteiger partial charge in [0, 0.05) is 35.9 Å². The Kier molecular flexibility index (Phi) is 2.64. The zero-order valence-electron chi connectivity index (χ0n) is 10.7. The van der Waals surface area contributed by atoms with E-state index >= 15 is 0 Å². The SMILES string of the molecule is Cn1cc(-c2ncc(C(=O)O)c(N)n2)c2ccccc21. The van der Waals surface area contributed by atoms with Crippen LogP contribution in [0.15, 0.2) is 36.7 Å². The molecule has 0 atom stereocenters. The normalized spacial score (nSPS) is 10.8. The first-order chi connectivity index (χ1) is 9.58. The summed E-state index contributed by atoms with van der Waals surface area (Å²) in [6.07, 6.45) is 3.14. The van der Waals surface area contributed by atoms with Gasteiger partial charge in [-0.3, -0.25) is 0 Å². The average molecular weight is 268 g/mol. The van der Waals surface area contributed by atoms with Gasteiger partial charge in [-0.05, 0) is 6.07 Å². The molecule has 100 valence electrons. The molecule has 3 rings (SSSR count). The molecule has 6 heteroatoms. The number of fused-ring (bicyclic) bond motifs is 1. The van der Waals surface area contributed by atoms with Gasteiger partial charge >= 0.3 is 5.97 Å². The van der Waals surface area contributed by atoms with E-state index in [9.17, 15) is 4.79 Å². The summed E-state index contributed by atoms with van der Waals surface area (Å²) >= 11 is 0. The fourth-order valence-corrected chi connectivity index (χ4v) is 2.21. The number of rotatable bonds is 2. The predicted octanol–water partition coefficient (Wildman–Crippen LogP) is 1.92. The van der Waals surface area contributed by atoms with E-state index < -0.39 is 5.97 Å². The first kappa shape index (κ1) is 12.2. The molecule has 0 fully saturated rings. The molecule has 0 saturated carbocycles. The van der Waals surface area contributed by atoms with Gasteiger partial charge in [-0.15, -0.1) is 0 Å². The second-order valence-electron chi connectivity index (χ2n) is 4.47. The van der Waals surface area contributed by atoms with Crippen molar-refractivity contribution < 1.29 is 9.90 Å². The molecule has 0 unspecified atom stereocenters. The van der Waals surface area contributed by atoms with E-state index in [-0.39, 0.29) is 11.4 Å². The van der Waals surface area contributed by atoms with Crippen LogP contribution in [0.4, 0.5) is 5.82 Å². The number of aromatic carboxylic acids is 1. The van der Waals surface area contributed by atoms with Crippen molar-refractivity contribution in [1.29, 1.82) is 0 Å². The van der Waals surface area contributed by atoms with Crippen molar-refractivity contribution in [3.05, 3.63) is 42.2 Å². The van der Waals surface area contributed by atoms with Gasteiger partial charge in [0.1, 0.15) is 11.4 Å². The largest absolute Gasteiger partial charge is 0.477 e. The van der Waals surface area contributed by atoms with Crippen LogP contribution >= 0.6 is 0 Å². The Morgan fingerprint density at radius 3 is 2.80 bits per heavy atom. The third-order valence-corrected chi connectivity index (χ3v) is 3.19. The highest BCUT2D eigenvalue weighted by Crippen LogP contribution is 2.28. The summed E-state index contributed by atoms with van der Waals surface area (Å²) < 4.78 is 1.97. The Bertz CT molecular complexity index is 823. The van der Waals surface area contributed by atoms with Crippen molar-refractivity contribution in [3.8, 4) is 11.4 Å². The molecule has 0 amide bonds. The molecular weight excluding hydrogens is 256 g/mol. The minimum absolute atomic E-state index is 0.0320. The van der Waals surface area contributed by atoms with Crippen LogP contribution in [-0.4, -0.2) is 25.6 Å². The maximum Gasteiger partial charge on any atom is 0.341 e. The van der Waals surface area contributed by atoms with E-state index in [2.05, 4.69) is 9.97 Å². The van der Waals surface area contributed by atoms with Crippen LogP contribution in [0.25, 0.3) is 22.3 Å². The minimum atomic E-state index is -1.13. The molecule has 0 aliphatic rings. The number of aryl methyl sites for hydroxylation is 1. The van der Waals surface area contributed by atoms with E-state index in [4.69, 9.17) is 10.8 Å². The quantitative estimate of drug-likeness (QED) is 0.740.